The smallest absolute Gasteiger partial charge is 0.254 e. The zero-order valence-corrected chi connectivity index (χ0v) is 15.1. The first-order valence-corrected chi connectivity index (χ1v) is 8.50. The molecule has 1 fully saturated rings. The Labute approximate surface area is 151 Å². The molecule has 6 heteroatoms. The molecule has 1 saturated heterocycles. The topological polar surface area (TPSA) is 23.6 Å². The van der Waals surface area contributed by atoms with Gasteiger partial charge in [-0.05, 0) is 42.3 Å². The van der Waals surface area contributed by atoms with Crippen molar-refractivity contribution in [3.8, 4) is 0 Å². The summed E-state index contributed by atoms with van der Waals surface area (Å²) in [5, 5.41) is 1.98. The number of thiophene rings is 1. The summed E-state index contributed by atoms with van der Waals surface area (Å²) in [6, 6.07) is 10.1. The maximum Gasteiger partial charge on any atom is 0.254 e. The van der Waals surface area contributed by atoms with Crippen molar-refractivity contribution in [1.82, 2.24) is 9.80 Å². The SMILES string of the molecule is CN1CCN(C(=O)/C(=C/c2cccs2)c2ccc(F)cc2)CC1.Cl. The average molecular weight is 367 g/mol. The Morgan fingerprint density at radius 3 is 2.38 bits per heavy atom. The molecule has 128 valence electrons. The van der Waals surface area contributed by atoms with Crippen molar-refractivity contribution in [2.45, 2.75) is 0 Å². The van der Waals surface area contributed by atoms with Crippen molar-refractivity contribution < 1.29 is 9.18 Å². The van der Waals surface area contributed by atoms with Crippen LogP contribution < -0.4 is 0 Å². The Morgan fingerprint density at radius 1 is 1.12 bits per heavy atom. The van der Waals surface area contributed by atoms with Crippen LogP contribution >= 0.6 is 23.7 Å². The summed E-state index contributed by atoms with van der Waals surface area (Å²) in [6.07, 6.45) is 1.90. The fourth-order valence-electron chi connectivity index (χ4n) is 2.59. The van der Waals surface area contributed by atoms with Crippen molar-refractivity contribution in [1.29, 1.82) is 0 Å². The molecule has 2 aromatic rings. The summed E-state index contributed by atoms with van der Waals surface area (Å²) >= 11 is 1.58. The van der Waals surface area contributed by atoms with Crippen LogP contribution in [0.2, 0.25) is 0 Å². The number of piperazine rings is 1. The lowest BCUT2D eigenvalue weighted by Gasteiger charge is -2.33. The van der Waals surface area contributed by atoms with Crippen molar-refractivity contribution in [3.05, 3.63) is 58.0 Å². The molecule has 1 aromatic heterocycles. The van der Waals surface area contributed by atoms with Crippen LogP contribution in [0, 0.1) is 5.82 Å². The number of nitrogens with zero attached hydrogens (tertiary/aromatic N) is 2. The quantitative estimate of drug-likeness (QED) is 0.774. The first-order valence-electron chi connectivity index (χ1n) is 7.62. The number of halogens is 2. The van der Waals surface area contributed by atoms with Gasteiger partial charge < -0.3 is 9.80 Å². The van der Waals surface area contributed by atoms with Crippen molar-refractivity contribution in [2.75, 3.05) is 33.2 Å². The minimum absolute atomic E-state index is 0. The second-order valence-electron chi connectivity index (χ2n) is 5.68. The summed E-state index contributed by atoms with van der Waals surface area (Å²) < 4.78 is 13.2. The lowest BCUT2D eigenvalue weighted by atomic mass is 10.0. The van der Waals surface area contributed by atoms with Gasteiger partial charge in [0.15, 0.2) is 0 Å². The van der Waals surface area contributed by atoms with Crippen LogP contribution in [0.15, 0.2) is 41.8 Å². The second kappa shape index (κ2) is 8.42. The van der Waals surface area contributed by atoms with Crippen LogP contribution in [0.4, 0.5) is 4.39 Å². The van der Waals surface area contributed by atoms with E-state index in [-0.39, 0.29) is 24.1 Å². The van der Waals surface area contributed by atoms with Crippen molar-refractivity contribution in [2.24, 2.45) is 0 Å². The van der Waals surface area contributed by atoms with Gasteiger partial charge >= 0.3 is 0 Å². The largest absolute Gasteiger partial charge is 0.336 e. The highest BCUT2D eigenvalue weighted by Gasteiger charge is 2.23. The highest BCUT2D eigenvalue weighted by Crippen LogP contribution is 2.24. The molecule has 1 aliphatic heterocycles. The standard InChI is InChI=1S/C18H19FN2OS.ClH/c1-20-8-10-21(11-9-20)18(22)17(13-16-3-2-12-23-16)14-4-6-15(19)7-5-14;/h2-7,12-13H,8-11H2,1H3;1H/b17-13+;. The summed E-state index contributed by atoms with van der Waals surface area (Å²) in [6.45, 7) is 3.19. The zero-order chi connectivity index (χ0) is 16.2. The summed E-state index contributed by atoms with van der Waals surface area (Å²) in [5.74, 6) is -0.283. The average Bonchev–Trinajstić information content (AvgIpc) is 3.07. The van der Waals surface area contributed by atoms with E-state index in [1.807, 2.05) is 28.5 Å². The predicted octanol–water partition coefficient (Wildman–Crippen LogP) is 3.62. The van der Waals surface area contributed by atoms with Gasteiger partial charge in [-0.25, -0.2) is 4.39 Å². The Kier molecular flexibility index (Phi) is 6.54. The van der Waals surface area contributed by atoms with Gasteiger partial charge in [0, 0.05) is 36.6 Å². The number of hydrogen-bond acceptors (Lipinski definition) is 3. The first kappa shape index (κ1) is 18.6. The Hall–Kier alpha value is -1.69. The number of likely N-dealkylation sites (N-methyl/N-ethyl adjacent to an activating group) is 1. The van der Waals surface area contributed by atoms with E-state index in [0.29, 0.717) is 5.57 Å². The summed E-state index contributed by atoms with van der Waals surface area (Å²) in [4.78, 5) is 18.1. The number of carbonyl (C=O) groups is 1. The molecule has 3 nitrogen and oxygen atoms in total. The zero-order valence-electron chi connectivity index (χ0n) is 13.4. The summed E-state index contributed by atoms with van der Waals surface area (Å²) in [5.41, 5.74) is 1.38. The van der Waals surface area contributed by atoms with Gasteiger partial charge in [0.1, 0.15) is 5.82 Å². The van der Waals surface area contributed by atoms with Crippen molar-refractivity contribution >= 4 is 41.3 Å². The van der Waals surface area contributed by atoms with Gasteiger partial charge in [0.05, 0.1) is 0 Å². The minimum atomic E-state index is -0.295. The van der Waals surface area contributed by atoms with Crippen LogP contribution in [0.5, 0.6) is 0 Å². The highest BCUT2D eigenvalue weighted by atomic mass is 35.5. The van der Waals surface area contributed by atoms with Gasteiger partial charge in [-0.2, -0.15) is 0 Å². The van der Waals surface area contributed by atoms with Gasteiger partial charge in [-0.3, -0.25) is 4.79 Å². The Bertz CT molecular complexity index is 692. The van der Waals surface area contributed by atoms with E-state index in [1.54, 1.807) is 23.5 Å². The molecule has 0 bridgehead atoms. The third-order valence-corrected chi connectivity index (χ3v) is 4.83. The second-order valence-corrected chi connectivity index (χ2v) is 6.66. The van der Waals surface area contributed by atoms with Gasteiger partial charge in [-0.15, -0.1) is 23.7 Å². The van der Waals surface area contributed by atoms with E-state index in [2.05, 4.69) is 11.9 Å². The maximum absolute atomic E-state index is 13.2. The van der Waals surface area contributed by atoms with Gasteiger partial charge in [-0.1, -0.05) is 18.2 Å². The molecule has 2 heterocycles. The van der Waals surface area contributed by atoms with E-state index in [0.717, 1.165) is 36.6 Å². The maximum atomic E-state index is 13.2. The molecule has 0 atom stereocenters. The lowest BCUT2D eigenvalue weighted by molar-refractivity contribution is -0.126. The molecule has 1 aromatic carbocycles. The number of hydrogen-bond donors (Lipinski definition) is 0. The molecule has 1 amide bonds. The Morgan fingerprint density at radius 2 is 1.79 bits per heavy atom. The third-order valence-electron chi connectivity index (χ3n) is 4.01. The fraction of sp³-hybridized carbons (Fsp3) is 0.278. The third kappa shape index (κ3) is 4.44. The molecule has 0 spiro atoms. The molecule has 0 unspecified atom stereocenters. The van der Waals surface area contributed by atoms with E-state index < -0.39 is 0 Å². The molecule has 0 saturated carbocycles. The van der Waals surface area contributed by atoms with E-state index >= 15 is 0 Å². The van der Waals surface area contributed by atoms with Gasteiger partial charge in [0.25, 0.3) is 5.91 Å². The molecule has 24 heavy (non-hydrogen) atoms. The number of benzene rings is 1. The van der Waals surface area contributed by atoms with Crippen LogP contribution in [0.3, 0.4) is 0 Å². The summed E-state index contributed by atoms with van der Waals surface area (Å²) in [7, 11) is 2.06. The van der Waals surface area contributed by atoms with E-state index in [1.165, 1.54) is 12.1 Å². The molecule has 0 aliphatic carbocycles. The Balaban J connectivity index is 0.00000208. The molecule has 0 N–H and O–H groups in total. The van der Waals surface area contributed by atoms with E-state index in [9.17, 15) is 9.18 Å². The van der Waals surface area contributed by atoms with Crippen LogP contribution in [0.1, 0.15) is 10.4 Å². The number of carbonyl (C=O) groups excluding carboxylic acids is 1. The molecule has 3 rings (SSSR count). The minimum Gasteiger partial charge on any atom is -0.336 e. The van der Waals surface area contributed by atoms with Crippen LogP contribution in [-0.4, -0.2) is 48.9 Å². The number of amides is 1. The molecular weight excluding hydrogens is 347 g/mol. The predicted molar refractivity (Wildman–Crippen MR) is 99.9 cm³/mol. The van der Waals surface area contributed by atoms with Gasteiger partial charge in [0.2, 0.25) is 0 Å². The monoisotopic (exact) mass is 366 g/mol. The lowest BCUT2D eigenvalue weighted by Crippen LogP contribution is -2.47. The fourth-order valence-corrected chi connectivity index (χ4v) is 3.25. The molecule has 0 radical (unpaired) electrons. The molecular formula is C18H20ClFN2OS. The van der Waals surface area contributed by atoms with Crippen molar-refractivity contribution in [3.63, 3.8) is 0 Å². The number of rotatable bonds is 3. The normalized spacial score (nSPS) is 15.9. The first-order chi connectivity index (χ1) is 11.1. The van der Waals surface area contributed by atoms with Crippen LogP contribution in [0.25, 0.3) is 11.6 Å². The highest BCUT2D eigenvalue weighted by molar-refractivity contribution is 7.11. The van der Waals surface area contributed by atoms with Crippen LogP contribution in [-0.2, 0) is 4.79 Å². The molecule has 1 aliphatic rings. The van der Waals surface area contributed by atoms with E-state index in [4.69, 9.17) is 0 Å².